The molecule has 0 spiro atoms. The molecule has 0 amide bonds. The van der Waals surface area contributed by atoms with E-state index in [9.17, 15) is 0 Å². The van der Waals surface area contributed by atoms with Crippen LogP contribution in [-0.4, -0.2) is 0 Å². The van der Waals surface area contributed by atoms with Gasteiger partial charge in [-0.3, -0.25) is 0 Å². The minimum atomic E-state index is 0.534. The van der Waals surface area contributed by atoms with Crippen molar-refractivity contribution in [2.75, 3.05) is 0 Å². The lowest BCUT2D eigenvalue weighted by atomic mass is 9.87. The summed E-state index contributed by atoms with van der Waals surface area (Å²) in [5.74, 6) is 0.534. The molecule has 0 bridgehead atoms. The minimum absolute atomic E-state index is 0.534. The zero-order chi connectivity index (χ0) is 13.3. The van der Waals surface area contributed by atoms with Crippen molar-refractivity contribution in [1.29, 1.82) is 0 Å². The van der Waals surface area contributed by atoms with Crippen molar-refractivity contribution >= 4 is 0 Å². The Kier molecular flexibility index (Phi) is 5.68. The lowest BCUT2D eigenvalue weighted by Crippen LogP contribution is -2.01. The molecule has 2 aromatic carbocycles. The van der Waals surface area contributed by atoms with Gasteiger partial charge in [-0.25, -0.2) is 0 Å². The first-order chi connectivity index (χ1) is 9.42. The Hall–Kier alpha value is -1.56. The molecule has 2 rings (SSSR count). The molecule has 2 aromatic rings. The first-order valence-electron chi connectivity index (χ1n) is 7.31. The number of hydrogen-bond acceptors (Lipinski definition) is 0. The molecule has 0 saturated heterocycles. The van der Waals surface area contributed by atoms with Gasteiger partial charge in [0.05, 0.1) is 0 Å². The fourth-order valence-electron chi connectivity index (χ4n) is 2.60. The lowest BCUT2D eigenvalue weighted by Gasteiger charge is -2.18. The summed E-state index contributed by atoms with van der Waals surface area (Å²) in [7, 11) is 0. The average Bonchev–Trinajstić information content (AvgIpc) is 2.49. The number of benzene rings is 2. The van der Waals surface area contributed by atoms with Crippen molar-refractivity contribution in [2.45, 2.75) is 38.0 Å². The molecule has 99 valence electrons. The highest BCUT2D eigenvalue weighted by Gasteiger charge is 2.12. The maximum atomic E-state index is 3.92. The molecule has 1 radical (unpaired) electrons. The number of unbranched alkanes of at least 4 members (excludes halogenated alkanes) is 3. The molecular weight excluding hydrogens is 228 g/mol. The molecule has 0 aromatic heterocycles. The first-order valence-corrected chi connectivity index (χ1v) is 7.31. The maximum Gasteiger partial charge on any atom is 0.00893 e. The lowest BCUT2D eigenvalue weighted by molar-refractivity contribution is 0.605. The first kappa shape index (κ1) is 13.9. The second kappa shape index (κ2) is 7.78. The van der Waals surface area contributed by atoms with E-state index >= 15 is 0 Å². The van der Waals surface area contributed by atoms with Crippen molar-refractivity contribution in [3.63, 3.8) is 0 Å². The van der Waals surface area contributed by atoms with Gasteiger partial charge in [0.2, 0.25) is 0 Å². The van der Waals surface area contributed by atoms with Crippen LogP contribution in [0.15, 0.2) is 60.7 Å². The standard InChI is InChI=1S/C19H23/c1-2-3-4-11-16-19(17-12-7-5-8-13-17)18-14-9-6-10-15-18/h5-10,12-15,19H,1-4,11,16H2. The van der Waals surface area contributed by atoms with E-state index < -0.39 is 0 Å². The van der Waals surface area contributed by atoms with E-state index in [2.05, 4.69) is 67.6 Å². The predicted octanol–water partition coefficient (Wildman–Crippen LogP) is 5.60. The van der Waals surface area contributed by atoms with Gasteiger partial charge in [0.1, 0.15) is 0 Å². The highest BCUT2D eigenvalue weighted by atomic mass is 14.2. The normalized spacial score (nSPS) is 10.8. The van der Waals surface area contributed by atoms with Gasteiger partial charge in [-0.2, -0.15) is 0 Å². The Bertz CT molecular complexity index is 404. The number of hydrogen-bond donors (Lipinski definition) is 0. The SMILES string of the molecule is [CH2]CCCCCC(c1ccccc1)c1ccccc1. The Labute approximate surface area is 117 Å². The van der Waals surface area contributed by atoms with Crippen LogP contribution >= 0.6 is 0 Å². The molecule has 0 heteroatoms. The molecule has 0 unspecified atom stereocenters. The van der Waals surface area contributed by atoms with Crippen LogP contribution in [0, 0.1) is 6.92 Å². The van der Waals surface area contributed by atoms with Gasteiger partial charge in [-0.05, 0) is 17.5 Å². The third-order valence-corrected chi connectivity index (χ3v) is 3.65. The molecule has 0 aliphatic rings. The van der Waals surface area contributed by atoms with Crippen LogP contribution in [0.25, 0.3) is 0 Å². The summed E-state index contributed by atoms with van der Waals surface area (Å²) in [5.41, 5.74) is 2.87. The predicted molar refractivity (Wildman–Crippen MR) is 83.2 cm³/mol. The van der Waals surface area contributed by atoms with E-state index in [4.69, 9.17) is 0 Å². The van der Waals surface area contributed by atoms with Crippen LogP contribution < -0.4 is 0 Å². The highest BCUT2D eigenvalue weighted by Crippen LogP contribution is 2.29. The van der Waals surface area contributed by atoms with Crippen LogP contribution in [0.4, 0.5) is 0 Å². The Morgan fingerprint density at radius 1 is 0.684 bits per heavy atom. The Morgan fingerprint density at radius 2 is 1.21 bits per heavy atom. The molecule has 0 aliphatic heterocycles. The second-order valence-corrected chi connectivity index (χ2v) is 5.08. The van der Waals surface area contributed by atoms with Crippen LogP contribution in [0.5, 0.6) is 0 Å². The zero-order valence-corrected chi connectivity index (χ0v) is 11.6. The largest absolute Gasteiger partial charge is 0.0622 e. The number of rotatable bonds is 7. The molecule has 0 nitrogen and oxygen atoms in total. The summed E-state index contributed by atoms with van der Waals surface area (Å²) in [6.07, 6.45) is 6.11. The Balaban J connectivity index is 2.10. The van der Waals surface area contributed by atoms with Crippen molar-refractivity contribution < 1.29 is 0 Å². The van der Waals surface area contributed by atoms with Crippen LogP contribution in [0.2, 0.25) is 0 Å². The maximum absolute atomic E-state index is 3.92. The van der Waals surface area contributed by atoms with Gasteiger partial charge < -0.3 is 0 Å². The molecule has 0 atom stereocenters. The average molecular weight is 251 g/mol. The summed E-state index contributed by atoms with van der Waals surface area (Å²) in [6.45, 7) is 3.92. The van der Waals surface area contributed by atoms with Gasteiger partial charge >= 0.3 is 0 Å². The molecular formula is C19H23. The topological polar surface area (TPSA) is 0 Å². The van der Waals surface area contributed by atoms with Crippen LogP contribution in [0.1, 0.15) is 49.1 Å². The molecule has 0 N–H and O–H groups in total. The fourth-order valence-corrected chi connectivity index (χ4v) is 2.60. The zero-order valence-electron chi connectivity index (χ0n) is 11.6. The molecule has 19 heavy (non-hydrogen) atoms. The summed E-state index contributed by atoms with van der Waals surface area (Å²) in [5, 5.41) is 0. The Morgan fingerprint density at radius 3 is 1.68 bits per heavy atom. The molecule has 0 fully saturated rings. The molecule has 0 heterocycles. The van der Waals surface area contributed by atoms with Gasteiger partial charge in [0.15, 0.2) is 0 Å². The van der Waals surface area contributed by atoms with Gasteiger partial charge in [-0.1, -0.05) is 93.3 Å². The molecule has 0 saturated carbocycles. The third-order valence-electron chi connectivity index (χ3n) is 3.65. The summed E-state index contributed by atoms with van der Waals surface area (Å²) in [4.78, 5) is 0. The van der Waals surface area contributed by atoms with E-state index in [1.165, 1.54) is 36.8 Å². The molecule has 0 aliphatic carbocycles. The van der Waals surface area contributed by atoms with E-state index in [1.807, 2.05) is 0 Å². The van der Waals surface area contributed by atoms with E-state index in [-0.39, 0.29) is 0 Å². The van der Waals surface area contributed by atoms with E-state index in [1.54, 1.807) is 0 Å². The quantitative estimate of drug-likeness (QED) is 0.562. The van der Waals surface area contributed by atoms with Crippen molar-refractivity contribution in [1.82, 2.24) is 0 Å². The van der Waals surface area contributed by atoms with Crippen molar-refractivity contribution in [3.05, 3.63) is 78.7 Å². The van der Waals surface area contributed by atoms with Gasteiger partial charge in [-0.15, -0.1) is 0 Å². The van der Waals surface area contributed by atoms with E-state index in [0.29, 0.717) is 5.92 Å². The summed E-state index contributed by atoms with van der Waals surface area (Å²) in [6, 6.07) is 21.7. The van der Waals surface area contributed by atoms with Crippen molar-refractivity contribution in [3.8, 4) is 0 Å². The van der Waals surface area contributed by atoms with E-state index in [0.717, 1.165) is 6.42 Å². The third kappa shape index (κ3) is 4.24. The minimum Gasteiger partial charge on any atom is -0.0622 e. The van der Waals surface area contributed by atoms with Gasteiger partial charge in [0.25, 0.3) is 0 Å². The highest BCUT2D eigenvalue weighted by molar-refractivity contribution is 5.32. The summed E-state index contributed by atoms with van der Waals surface area (Å²) < 4.78 is 0. The van der Waals surface area contributed by atoms with Crippen LogP contribution in [0.3, 0.4) is 0 Å². The summed E-state index contributed by atoms with van der Waals surface area (Å²) >= 11 is 0. The smallest absolute Gasteiger partial charge is 0.00893 e. The second-order valence-electron chi connectivity index (χ2n) is 5.08. The van der Waals surface area contributed by atoms with Gasteiger partial charge in [0, 0.05) is 5.92 Å². The van der Waals surface area contributed by atoms with Crippen LogP contribution in [-0.2, 0) is 0 Å². The monoisotopic (exact) mass is 251 g/mol. The van der Waals surface area contributed by atoms with Crippen molar-refractivity contribution in [2.24, 2.45) is 0 Å². The fraction of sp³-hybridized carbons (Fsp3) is 0.316.